The highest BCUT2D eigenvalue weighted by atomic mass is 16.7. The zero-order valence-corrected chi connectivity index (χ0v) is 84.4. The fraction of sp³-hybridized carbons (Fsp3) is 0.400. The van der Waals surface area contributed by atoms with Crippen LogP contribution in [-0.4, -0.2) is 245 Å². The highest BCUT2D eigenvalue weighted by Gasteiger charge is 2.52. The number of nitrogens with one attached hydrogen (secondary N) is 6. The molecule has 11 aromatic carbocycles. The molecular formula is C115H143N7O27. The lowest BCUT2D eigenvalue weighted by Gasteiger charge is -2.39. The number of ether oxygens (including phenoxy) is 17. The summed E-state index contributed by atoms with van der Waals surface area (Å²) in [5, 5.41) is 53.6. The molecule has 0 bridgehead atoms. The monoisotopic (exact) mass is 2050 g/mol. The smallest absolute Gasteiger partial charge is 0.338 e. The SMILES string of the molecule is CC1O[C@@H]([C@@H](COCc2ccccc2)OCc2ccccc2)[C@H](OCc2ccccc2)[C@H]1OCCN.CC1O[C@@H]([C@@H](COCc2ccccc2)OCc2ccccc2)[C@H](OCc2ccccc2)[C@H]1OCCNC(=O)NOCc1ccccc1.CC1O[C@@H]([C@@H](COCc2ccccc2)OCc2ccccc2)[C@H](OCc2ccccc2)[C@H]1OCCNC(=O)NOCc1ccccc1.O=C(NO)NCCO[C@H]1[C@H](O)[C@@H](CO)OC(O)[C@@H]1O. The van der Waals surface area contributed by atoms with Gasteiger partial charge in [-0.05, 0) is 82.0 Å². The van der Waals surface area contributed by atoms with E-state index in [4.69, 9.17) is 106 Å². The first-order chi connectivity index (χ1) is 73.1. The molecule has 0 spiro atoms. The average molecular weight is 2060 g/mol. The predicted octanol–water partition coefficient (Wildman–Crippen LogP) is 13.0. The van der Waals surface area contributed by atoms with E-state index in [1.165, 1.54) is 5.48 Å². The van der Waals surface area contributed by atoms with E-state index < -0.39 is 104 Å². The average Bonchev–Trinajstić information content (AvgIpc) is 1.68. The maximum atomic E-state index is 12.3. The third-order valence-corrected chi connectivity index (χ3v) is 24.5. The molecule has 0 radical (unpaired) electrons. The number of amides is 6. The van der Waals surface area contributed by atoms with Gasteiger partial charge in [0.2, 0.25) is 0 Å². The van der Waals surface area contributed by atoms with E-state index >= 15 is 0 Å². The molecule has 800 valence electrons. The van der Waals surface area contributed by atoms with Crippen molar-refractivity contribution in [1.29, 1.82) is 0 Å². The molecule has 20 atom stereocenters. The van der Waals surface area contributed by atoms with Gasteiger partial charge in [-0.1, -0.05) is 334 Å². The van der Waals surface area contributed by atoms with Crippen molar-refractivity contribution in [1.82, 2.24) is 32.4 Å². The van der Waals surface area contributed by atoms with Gasteiger partial charge in [-0.2, -0.15) is 0 Å². The van der Waals surface area contributed by atoms with Crippen LogP contribution >= 0.6 is 0 Å². The minimum absolute atomic E-state index is 0.00305. The van der Waals surface area contributed by atoms with Crippen LogP contribution in [0.5, 0.6) is 0 Å². The molecule has 4 aliphatic heterocycles. The number of aliphatic hydroxyl groups is 4. The highest BCUT2D eigenvalue weighted by molar-refractivity contribution is 5.73. The number of nitrogens with two attached hydrogens (primary N) is 1. The maximum Gasteiger partial charge on any atom is 0.338 e. The summed E-state index contributed by atoms with van der Waals surface area (Å²) in [5.41, 5.74) is 23.5. The van der Waals surface area contributed by atoms with Crippen molar-refractivity contribution in [3.63, 3.8) is 0 Å². The van der Waals surface area contributed by atoms with E-state index in [2.05, 4.69) is 63.3 Å². The first-order valence-corrected chi connectivity index (χ1v) is 50.3. The van der Waals surface area contributed by atoms with Gasteiger partial charge in [0.1, 0.15) is 97.7 Å². The number of urea groups is 3. The summed E-state index contributed by atoms with van der Waals surface area (Å²) in [6, 6.07) is 108. The maximum absolute atomic E-state index is 12.3. The number of hydroxylamine groups is 3. The Morgan fingerprint density at radius 1 is 0.295 bits per heavy atom. The van der Waals surface area contributed by atoms with E-state index in [0.29, 0.717) is 92.4 Å². The minimum Gasteiger partial charge on any atom is -0.394 e. The summed E-state index contributed by atoms with van der Waals surface area (Å²) in [5.74, 6) is 0. The van der Waals surface area contributed by atoms with Crippen molar-refractivity contribution in [3.8, 4) is 0 Å². The fourth-order valence-corrected chi connectivity index (χ4v) is 16.9. The lowest BCUT2D eigenvalue weighted by Crippen LogP contribution is -2.59. The first-order valence-electron chi connectivity index (χ1n) is 50.3. The van der Waals surface area contributed by atoms with Crippen molar-refractivity contribution < 1.29 is 130 Å². The summed E-state index contributed by atoms with van der Waals surface area (Å²) in [4.78, 5) is 45.8. The molecule has 0 saturated carbocycles. The number of carbonyl (C=O) groups is 3. The molecule has 11 aromatic rings. The van der Waals surface area contributed by atoms with E-state index in [0.717, 1.165) is 61.2 Å². The van der Waals surface area contributed by atoms with Gasteiger partial charge in [0.25, 0.3) is 0 Å². The van der Waals surface area contributed by atoms with Crippen LogP contribution in [0.15, 0.2) is 334 Å². The Morgan fingerprint density at radius 2 is 0.537 bits per heavy atom. The molecule has 4 saturated heterocycles. The third-order valence-electron chi connectivity index (χ3n) is 24.5. The predicted molar refractivity (Wildman–Crippen MR) is 553 cm³/mol. The molecule has 34 nitrogen and oxygen atoms in total. The normalized spacial score (nSPS) is 22.3. The summed E-state index contributed by atoms with van der Waals surface area (Å²) in [6.45, 7) is 12.7. The van der Waals surface area contributed by atoms with Crippen LogP contribution in [0.2, 0.25) is 0 Å². The molecule has 4 heterocycles. The molecule has 4 aliphatic rings. The van der Waals surface area contributed by atoms with Crippen LogP contribution in [-0.2, 0) is 163 Å². The molecule has 6 amide bonds. The molecule has 0 aromatic heterocycles. The topological polar surface area (TPSA) is 426 Å². The zero-order chi connectivity index (χ0) is 104. The number of carbonyl (C=O) groups excluding carboxylic acids is 3. The van der Waals surface area contributed by atoms with Crippen molar-refractivity contribution in [2.24, 2.45) is 5.73 Å². The van der Waals surface area contributed by atoms with Gasteiger partial charge >= 0.3 is 18.1 Å². The van der Waals surface area contributed by atoms with Crippen LogP contribution in [0.1, 0.15) is 82.0 Å². The van der Waals surface area contributed by atoms with Crippen LogP contribution in [0.25, 0.3) is 0 Å². The third kappa shape index (κ3) is 40.8. The van der Waals surface area contributed by atoms with E-state index in [9.17, 15) is 29.7 Å². The van der Waals surface area contributed by atoms with Crippen molar-refractivity contribution in [2.45, 2.75) is 216 Å². The largest absolute Gasteiger partial charge is 0.394 e. The first kappa shape index (κ1) is 116. The second kappa shape index (κ2) is 66.7. The summed E-state index contributed by atoms with van der Waals surface area (Å²) >= 11 is 0. The summed E-state index contributed by atoms with van der Waals surface area (Å²) in [7, 11) is 0. The standard InChI is InChI=1S/2C38H44N2O7.C30H37NO5.C9H18N2O8/c2*1-29-35(43-23-22-39-38(41)40-46-27-33-20-12-5-13-21-33)37(45-26-32-18-10-4-11-19-32)36(47-29)34(44-25-31-16-8-3-9-17-31)28-42-24-30-14-6-2-7-15-30;1-23-28(33-18-17-31)30(35-21-26-15-9-4-10-16-26)29(36-23)27(34-20-25-13-7-3-8-14-25)22-32-19-24-11-5-2-6-12-24;12-3-4-5(13)7(6(14)8(15)19-4)18-2-1-10-9(16)11-17/h2*2-21,29,34-37H,22-28H2,1H3,(H2,39,40,41);2-16,23,27-30H,17-22,31H2,1H3;4-8,12-15,17H,1-3H2,(H2,10,11,16)/t2*29?,34-,35+,36+,37-;23?,27-,28+,29+,30-;4-,5-,6-,7+,8?/m1111/s1. The van der Waals surface area contributed by atoms with Crippen molar-refractivity contribution in [3.05, 3.63) is 395 Å². The quantitative estimate of drug-likeness (QED) is 0.00957. The number of benzene rings is 11. The van der Waals surface area contributed by atoms with Crippen LogP contribution in [0.4, 0.5) is 14.4 Å². The van der Waals surface area contributed by atoms with Crippen LogP contribution in [0, 0.1) is 0 Å². The van der Waals surface area contributed by atoms with Crippen molar-refractivity contribution in [2.75, 3.05) is 79.0 Å². The summed E-state index contributed by atoms with van der Waals surface area (Å²) < 4.78 is 106. The van der Waals surface area contributed by atoms with Gasteiger partial charge in [-0.25, -0.2) is 30.8 Å². The molecule has 15 rings (SSSR count). The Hall–Kier alpha value is -11.8. The van der Waals surface area contributed by atoms with E-state index in [1.54, 1.807) is 0 Å². The lowest BCUT2D eigenvalue weighted by atomic mass is 9.99. The van der Waals surface area contributed by atoms with E-state index in [-0.39, 0.29) is 95.4 Å². The Balaban J connectivity index is 0.000000184. The Bertz CT molecular complexity index is 5160. The molecule has 4 fully saturated rings. The Labute approximate surface area is 871 Å². The summed E-state index contributed by atoms with van der Waals surface area (Å²) in [6.07, 6.45) is -12.1. The second-order valence-corrected chi connectivity index (χ2v) is 35.7. The minimum atomic E-state index is -1.58. The molecule has 4 unspecified atom stereocenters. The second-order valence-electron chi connectivity index (χ2n) is 35.7. The molecule has 0 aliphatic carbocycles. The zero-order valence-electron chi connectivity index (χ0n) is 84.4. The van der Waals surface area contributed by atoms with Gasteiger partial charge in [-0.3, -0.25) is 14.9 Å². The van der Waals surface area contributed by atoms with Crippen molar-refractivity contribution >= 4 is 18.1 Å². The van der Waals surface area contributed by atoms with Crippen LogP contribution in [0.3, 0.4) is 0 Å². The Morgan fingerprint density at radius 3 is 0.799 bits per heavy atom. The molecule has 149 heavy (non-hydrogen) atoms. The van der Waals surface area contributed by atoms with Gasteiger partial charge in [0, 0.05) is 26.2 Å². The molecule has 34 heteroatoms. The number of rotatable bonds is 55. The number of aliphatic hydroxyl groups excluding tert-OH is 4. The van der Waals surface area contributed by atoms with Gasteiger partial charge in [0.05, 0.1) is 144 Å². The number of hydrogen-bond acceptors (Lipinski definition) is 28. The van der Waals surface area contributed by atoms with Gasteiger partial charge in [-0.15, -0.1) is 0 Å². The lowest BCUT2D eigenvalue weighted by molar-refractivity contribution is -0.294. The van der Waals surface area contributed by atoms with E-state index in [1.807, 2.05) is 318 Å². The highest BCUT2D eigenvalue weighted by Crippen LogP contribution is 2.36. The van der Waals surface area contributed by atoms with Gasteiger partial charge in [0.15, 0.2) is 6.29 Å². The number of hydrogen-bond donors (Lipinski definition) is 12. The van der Waals surface area contributed by atoms with Gasteiger partial charge < -0.3 is 123 Å². The Kier molecular flexibility index (Phi) is 51.9. The molecular weight excluding hydrogens is 1910 g/mol. The fourth-order valence-electron chi connectivity index (χ4n) is 16.9. The van der Waals surface area contributed by atoms with Crippen LogP contribution < -0.4 is 38.1 Å². The molecule has 13 N–H and O–H groups in total.